The standard InChI is InChI=1S/C15H20N2O/c1-11-7-8-13-14(9-11)17(15(18)16-13)10-12-5-3-2-4-6-12/h7-9,12H,2-6,10H2,1H3,(H,16,18). The second kappa shape index (κ2) is 4.63. The molecule has 3 rings (SSSR count). The van der Waals surface area contributed by atoms with E-state index in [2.05, 4.69) is 18.0 Å². The summed E-state index contributed by atoms with van der Waals surface area (Å²) in [4.78, 5) is 15.0. The molecular weight excluding hydrogens is 224 g/mol. The minimum atomic E-state index is 0.0428. The normalized spacial score (nSPS) is 17.4. The number of aryl methyl sites for hydroxylation is 1. The Bertz CT molecular complexity index is 602. The maximum Gasteiger partial charge on any atom is 0.326 e. The van der Waals surface area contributed by atoms with Gasteiger partial charge in [-0.05, 0) is 43.4 Å². The minimum absolute atomic E-state index is 0.0428. The highest BCUT2D eigenvalue weighted by Gasteiger charge is 2.16. The Hall–Kier alpha value is -1.51. The van der Waals surface area contributed by atoms with Crippen molar-refractivity contribution in [1.82, 2.24) is 9.55 Å². The summed E-state index contributed by atoms with van der Waals surface area (Å²) in [7, 11) is 0. The van der Waals surface area contributed by atoms with Gasteiger partial charge in [-0.1, -0.05) is 25.3 Å². The number of hydrogen-bond acceptors (Lipinski definition) is 1. The van der Waals surface area contributed by atoms with E-state index in [0.29, 0.717) is 5.92 Å². The molecule has 3 heteroatoms. The van der Waals surface area contributed by atoms with Crippen LogP contribution in [0.25, 0.3) is 11.0 Å². The molecule has 2 aromatic rings. The Morgan fingerprint density at radius 1 is 1.28 bits per heavy atom. The van der Waals surface area contributed by atoms with E-state index in [1.165, 1.54) is 37.7 Å². The summed E-state index contributed by atoms with van der Waals surface area (Å²) in [5.41, 5.74) is 3.27. The van der Waals surface area contributed by atoms with Crippen molar-refractivity contribution in [2.75, 3.05) is 0 Å². The van der Waals surface area contributed by atoms with Gasteiger partial charge in [-0.2, -0.15) is 0 Å². The molecule has 0 amide bonds. The maximum atomic E-state index is 12.0. The Balaban J connectivity index is 1.97. The number of hydrogen-bond donors (Lipinski definition) is 1. The first-order chi connectivity index (χ1) is 8.74. The van der Waals surface area contributed by atoms with Gasteiger partial charge in [0.05, 0.1) is 11.0 Å². The van der Waals surface area contributed by atoms with Crippen LogP contribution in [0.3, 0.4) is 0 Å². The van der Waals surface area contributed by atoms with Gasteiger partial charge in [-0.25, -0.2) is 4.79 Å². The molecular formula is C15H20N2O. The lowest BCUT2D eigenvalue weighted by Crippen LogP contribution is -2.23. The molecule has 1 aliphatic carbocycles. The van der Waals surface area contributed by atoms with Crippen molar-refractivity contribution in [2.24, 2.45) is 5.92 Å². The van der Waals surface area contributed by atoms with Crippen LogP contribution in [0.1, 0.15) is 37.7 Å². The van der Waals surface area contributed by atoms with Crippen LogP contribution in [0, 0.1) is 12.8 Å². The highest BCUT2D eigenvalue weighted by atomic mass is 16.1. The van der Waals surface area contributed by atoms with Crippen LogP contribution in [-0.4, -0.2) is 9.55 Å². The number of imidazole rings is 1. The molecule has 0 unspecified atom stereocenters. The lowest BCUT2D eigenvalue weighted by molar-refractivity contribution is 0.319. The first kappa shape index (κ1) is 11.6. The smallest absolute Gasteiger partial charge is 0.306 e. The van der Waals surface area contributed by atoms with E-state index in [0.717, 1.165) is 17.6 Å². The van der Waals surface area contributed by atoms with Crippen molar-refractivity contribution in [3.63, 3.8) is 0 Å². The van der Waals surface area contributed by atoms with E-state index in [4.69, 9.17) is 0 Å². The molecule has 1 saturated carbocycles. The zero-order chi connectivity index (χ0) is 12.5. The summed E-state index contributed by atoms with van der Waals surface area (Å²) in [5.74, 6) is 0.677. The molecule has 1 heterocycles. The predicted octanol–water partition coefficient (Wildman–Crippen LogP) is 3.22. The van der Waals surface area contributed by atoms with Crippen molar-refractivity contribution in [3.05, 3.63) is 34.2 Å². The van der Waals surface area contributed by atoms with Crippen LogP contribution < -0.4 is 5.69 Å². The monoisotopic (exact) mass is 244 g/mol. The molecule has 1 aromatic carbocycles. The fourth-order valence-corrected chi connectivity index (χ4v) is 3.07. The number of nitrogens with one attached hydrogen (secondary N) is 1. The van der Waals surface area contributed by atoms with Crippen LogP contribution in [-0.2, 0) is 6.54 Å². The number of rotatable bonds is 2. The van der Waals surface area contributed by atoms with Gasteiger partial charge in [0.2, 0.25) is 0 Å². The molecule has 96 valence electrons. The Labute approximate surface area is 107 Å². The molecule has 0 atom stereocenters. The molecule has 0 aliphatic heterocycles. The van der Waals surface area contributed by atoms with E-state index in [-0.39, 0.29) is 5.69 Å². The molecule has 0 radical (unpaired) electrons. The van der Waals surface area contributed by atoms with Gasteiger partial charge >= 0.3 is 5.69 Å². The summed E-state index contributed by atoms with van der Waals surface area (Å²) < 4.78 is 1.93. The van der Waals surface area contributed by atoms with Crippen LogP contribution >= 0.6 is 0 Å². The van der Waals surface area contributed by atoms with Crippen LogP contribution in [0.5, 0.6) is 0 Å². The van der Waals surface area contributed by atoms with Crippen molar-refractivity contribution in [2.45, 2.75) is 45.6 Å². The largest absolute Gasteiger partial charge is 0.326 e. The Morgan fingerprint density at radius 3 is 2.83 bits per heavy atom. The van der Waals surface area contributed by atoms with Crippen LogP contribution in [0.4, 0.5) is 0 Å². The van der Waals surface area contributed by atoms with Gasteiger partial charge in [-0.3, -0.25) is 4.57 Å². The molecule has 3 nitrogen and oxygen atoms in total. The van der Waals surface area contributed by atoms with Gasteiger partial charge in [-0.15, -0.1) is 0 Å². The van der Waals surface area contributed by atoms with Crippen molar-refractivity contribution in [1.29, 1.82) is 0 Å². The third-order valence-electron chi connectivity index (χ3n) is 4.10. The molecule has 1 fully saturated rings. The fourth-order valence-electron chi connectivity index (χ4n) is 3.07. The number of aromatic amines is 1. The first-order valence-electron chi connectivity index (χ1n) is 6.93. The van der Waals surface area contributed by atoms with E-state index in [9.17, 15) is 4.79 Å². The van der Waals surface area contributed by atoms with Gasteiger partial charge in [0.15, 0.2) is 0 Å². The lowest BCUT2D eigenvalue weighted by Gasteiger charge is -2.21. The zero-order valence-electron chi connectivity index (χ0n) is 10.9. The van der Waals surface area contributed by atoms with E-state index >= 15 is 0 Å². The average molecular weight is 244 g/mol. The topological polar surface area (TPSA) is 37.8 Å². The van der Waals surface area contributed by atoms with Gasteiger partial charge in [0.1, 0.15) is 0 Å². The van der Waals surface area contributed by atoms with Crippen LogP contribution in [0.2, 0.25) is 0 Å². The Morgan fingerprint density at radius 2 is 2.06 bits per heavy atom. The molecule has 0 spiro atoms. The molecule has 1 aliphatic rings. The first-order valence-corrected chi connectivity index (χ1v) is 6.93. The number of fused-ring (bicyclic) bond motifs is 1. The van der Waals surface area contributed by atoms with E-state index in [1.54, 1.807) is 0 Å². The third kappa shape index (κ3) is 2.09. The minimum Gasteiger partial charge on any atom is -0.306 e. The lowest BCUT2D eigenvalue weighted by atomic mass is 9.89. The van der Waals surface area contributed by atoms with Gasteiger partial charge in [0.25, 0.3) is 0 Å². The second-order valence-electron chi connectivity index (χ2n) is 5.57. The van der Waals surface area contributed by atoms with Crippen molar-refractivity contribution in [3.8, 4) is 0 Å². The molecule has 0 bridgehead atoms. The fraction of sp³-hybridized carbons (Fsp3) is 0.533. The molecule has 1 aromatic heterocycles. The highest BCUT2D eigenvalue weighted by Crippen LogP contribution is 2.25. The number of nitrogens with zero attached hydrogens (tertiary/aromatic N) is 1. The van der Waals surface area contributed by atoms with Crippen LogP contribution in [0.15, 0.2) is 23.0 Å². The maximum absolute atomic E-state index is 12.0. The molecule has 1 N–H and O–H groups in total. The zero-order valence-corrected chi connectivity index (χ0v) is 10.9. The highest BCUT2D eigenvalue weighted by molar-refractivity contribution is 5.75. The number of benzene rings is 1. The number of aromatic nitrogens is 2. The van der Waals surface area contributed by atoms with Gasteiger partial charge in [0, 0.05) is 6.54 Å². The summed E-state index contributed by atoms with van der Waals surface area (Å²) in [5, 5.41) is 0. The summed E-state index contributed by atoms with van der Waals surface area (Å²) >= 11 is 0. The third-order valence-corrected chi connectivity index (χ3v) is 4.10. The SMILES string of the molecule is Cc1ccc2[nH]c(=O)n(CC3CCCCC3)c2c1. The predicted molar refractivity (Wildman–Crippen MR) is 73.9 cm³/mol. The molecule has 0 saturated heterocycles. The summed E-state index contributed by atoms with van der Waals surface area (Å²) in [6, 6.07) is 6.16. The Kier molecular flexibility index (Phi) is 2.98. The van der Waals surface area contributed by atoms with Crippen molar-refractivity contribution >= 4 is 11.0 Å². The average Bonchev–Trinajstić information content (AvgIpc) is 2.67. The van der Waals surface area contributed by atoms with E-state index in [1.807, 2.05) is 16.7 Å². The quantitative estimate of drug-likeness (QED) is 0.865. The van der Waals surface area contributed by atoms with Gasteiger partial charge < -0.3 is 4.98 Å². The van der Waals surface area contributed by atoms with E-state index < -0.39 is 0 Å². The molecule has 18 heavy (non-hydrogen) atoms. The summed E-state index contributed by atoms with van der Waals surface area (Å²) in [6.07, 6.45) is 6.54. The summed E-state index contributed by atoms with van der Waals surface area (Å²) in [6.45, 7) is 2.95. The van der Waals surface area contributed by atoms with Crippen molar-refractivity contribution < 1.29 is 0 Å². The number of H-pyrrole nitrogens is 1. The second-order valence-corrected chi connectivity index (χ2v) is 5.57.